The number of anilines is 2. The summed E-state index contributed by atoms with van der Waals surface area (Å²) in [7, 11) is 0. The quantitative estimate of drug-likeness (QED) is 0.0816. The van der Waals surface area contributed by atoms with Crippen LogP contribution in [-0.4, -0.2) is 83.9 Å². The maximum absolute atomic E-state index is 12.9. The average Bonchev–Trinajstić information content (AvgIpc) is 3.87. The number of benzene rings is 2. The zero-order valence-electron chi connectivity index (χ0n) is 35.7. The standard InChI is InChI=1S/C22H27F3N6O2.C21H27IN6O/c1-13(2)17-12-27-31-19(17)29-21(32-15-7-6-10-26-11-15)30-20(31)28-14(3)16-8-4-5-9-18(16)33-22(23,24)25;1-13(2)17-12-24-28-19(17)26-21(29-15-7-6-10-23-11-15)27-20(28)25-14(3)16-8-4-5-9-18(16)22/h4-5,8-9,12-15,26H,6-7,10-11H2,1-3H3,(H,28,29,30);4-5,8-9,12-15,23H,6-7,10-11H2,1-3H3,(H,25,26,27)/t2*14-,15+/m00/s1. The van der Waals surface area contributed by atoms with Crippen LogP contribution in [0.5, 0.6) is 17.8 Å². The highest BCUT2D eigenvalue weighted by atomic mass is 127. The van der Waals surface area contributed by atoms with Crippen molar-refractivity contribution in [3.63, 3.8) is 0 Å². The van der Waals surface area contributed by atoms with Crippen LogP contribution in [0.4, 0.5) is 25.1 Å². The molecule has 4 aromatic heterocycles. The van der Waals surface area contributed by atoms with Gasteiger partial charge in [0, 0.05) is 33.4 Å². The Morgan fingerprint density at radius 1 is 0.661 bits per heavy atom. The van der Waals surface area contributed by atoms with Gasteiger partial charge in [-0.3, -0.25) is 0 Å². The Balaban J connectivity index is 0.000000188. The zero-order chi connectivity index (χ0) is 44.0. The van der Waals surface area contributed by atoms with Crippen LogP contribution in [0, 0.1) is 3.57 Å². The van der Waals surface area contributed by atoms with Gasteiger partial charge in [0.1, 0.15) is 18.0 Å². The lowest BCUT2D eigenvalue weighted by Crippen LogP contribution is -2.37. The topological polar surface area (TPSA) is 162 Å². The average molecular weight is 971 g/mol. The molecule has 19 heteroatoms. The molecule has 0 unspecified atom stereocenters. The summed E-state index contributed by atoms with van der Waals surface area (Å²) in [6.45, 7) is 15.7. The molecule has 15 nitrogen and oxygen atoms in total. The molecule has 6 heterocycles. The molecule has 2 aliphatic heterocycles. The molecular formula is C43H54F3IN12O3. The van der Waals surface area contributed by atoms with E-state index in [-0.39, 0.29) is 35.9 Å². The van der Waals surface area contributed by atoms with Crippen molar-refractivity contribution < 1.29 is 27.4 Å². The van der Waals surface area contributed by atoms with E-state index >= 15 is 0 Å². The van der Waals surface area contributed by atoms with E-state index in [4.69, 9.17) is 14.5 Å². The summed E-state index contributed by atoms with van der Waals surface area (Å²) in [5, 5.41) is 22.3. The van der Waals surface area contributed by atoms with Gasteiger partial charge in [0.2, 0.25) is 11.9 Å². The number of aromatic nitrogens is 8. The fraction of sp³-hybridized carbons (Fsp3) is 0.488. The number of hydrogen-bond acceptors (Lipinski definition) is 13. The SMILES string of the molecule is CC(C)c1cnn2c(N[C@@H](C)c3ccccc3I)nc(O[C@@H]3CCCNC3)nc12.CC(C)c1cnn2c(N[C@@H](C)c3ccccc3OC(F)(F)F)nc(O[C@@H]3CCCNC3)nc12. The fourth-order valence-corrected chi connectivity index (χ4v) is 8.28. The van der Waals surface area contributed by atoms with Gasteiger partial charge in [-0.15, -0.1) is 13.2 Å². The predicted octanol–water partition coefficient (Wildman–Crippen LogP) is 8.61. The van der Waals surface area contributed by atoms with E-state index in [1.807, 2.05) is 26.1 Å². The molecule has 0 bridgehead atoms. The number of rotatable bonds is 13. The van der Waals surface area contributed by atoms with Gasteiger partial charge >= 0.3 is 18.4 Å². The third-order valence-corrected chi connectivity index (χ3v) is 11.7. The summed E-state index contributed by atoms with van der Waals surface area (Å²) in [4.78, 5) is 18.5. The number of alkyl halides is 3. The summed E-state index contributed by atoms with van der Waals surface area (Å²) in [5.41, 5.74) is 4.94. The predicted molar refractivity (Wildman–Crippen MR) is 239 cm³/mol. The molecule has 0 radical (unpaired) electrons. The zero-order valence-corrected chi connectivity index (χ0v) is 37.9. The van der Waals surface area contributed by atoms with Crippen LogP contribution in [0.3, 0.4) is 0 Å². The van der Waals surface area contributed by atoms with E-state index in [1.165, 1.54) is 21.3 Å². The summed E-state index contributed by atoms with van der Waals surface area (Å²) in [6.07, 6.45) is 2.84. The van der Waals surface area contributed by atoms with Gasteiger partial charge in [-0.1, -0.05) is 64.1 Å². The van der Waals surface area contributed by atoms with Crippen LogP contribution >= 0.6 is 22.6 Å². The van der Waals surface area contributed by atoms with Crippen molar-refractivity contribution in [3.05, 3.63) is 86.7 Å². The van der Waals surface area contributed by atoms with Crippen molar-refractivity contribution in [1.29, 1.82) is 0 Å². The number of hydrogen-bond donors (Lipinski definition) is 4. The maximum atomic E-state index is 12.9. The highest BCUT2D eigenvalue weighted by Crippen LogP contribution is 2.33. The van der Waals surface area contributed by atoms with Crippen molar-refractivity contribution in [3.8, 4) is 17.8 Å². The highest BCUT2D eigenvalue weighted by Gasteiger charge is 2.33. The van der Waals surface area contributed by atoms with Gasteiger partial charge < -0.3 is 35.5 Å². The van der Waals surface area contributed by atoms with Gasteiger partial charge in [-0.05, 0) is 105 Å². The molecule has 4 N–H and O–H groups in total. The van der Waals surface area contributed by atoms with Crippen LogP contribution in [0.15, 0.2) is 60.9 Å². The Labute approximate surface area is 372 Å². The molecule has 2 aliphatic rings. The minimum atomic E-state index is -4.79. The second kappa shape index (κ2) is 20.0. The number of nitrogens with one attached hydrogen (secondary N) is 4. The van der Waals surface area contributed by atoms with Crippen LogP contribution in [0.1, 0.15) is 113 Å². The van der Waals surface area contributed by atoms with Crippen LogP contribution < -0.4 is 35.5 Å². The lowest BCUT2D eigenvalue weighted by molar-refractivity contribution is -0.274. The summed E-state index contributed by atoms with van der Waals surface area (Å²) >= 11 is 2.37. The van der Waals surface area contributed by atoms with Crippen LogP contribution in [0.2, 0.25) is 0 Å². The first-order valence-corrected chi connectivity index (χ1v) is 22.2. The molecule has 2 aromatic carbocycles. The van der Waals surface area contributed by atoms with Crippen LogP contribution in [-0.2, 0) is 0 Å². The van der Waals surface area contributed by atoms with E-state index in [1.54, 1.807) is 34.3 Å². The monoisotopic (exact) mass is 970 g/mol. The molecule has 332 valence electrons. The first-order chi connectivity index (χ1) is 29.7. The molecule has 4 atom stereocenters. The van der Waals surface area contributed by atoms with E-state index < -0.39 is 12.4 Å². The normalized spacial score (nSPS) is 18.0. The van der Waals surface area contributed by atoms with Crippen molar-refractivity contribution in [1.82, 2.24) is 49.8 Å². The Morgan fingerprint density at radius 2 is 1.13 bits per heavy atom. The molecule has 8 rings (SSSR count). The minimum absolute atomic E-state index is 0.0576. The van der Waals surface area contributed by atoms with E-state index in [0.29, 0.717) is 41.6 Å². The Kier molecular flexibility index (Phi) is 14.5. The molecule has 6 aromatic rings. The number of ether oxygens (including phenoxy) is 3. The Bertz CT molecular complexity index is 2410. The lowest BCUT2D eigenvalue weighted by Gasteiger charge is -2.23. The smallest absolute Gasteiger partial charge is 0.459 e. The highest BCUT2D eigenvalue weighted by molar-refractivity contribution is 14.1. The van der Waals surface area contributed by atoms with Gasteiger partial charge in [-0.25, -0.2) is 0 Å². The number of nitrogens with zero attached hydrogens (tertiary/aromatic N) is 8. The second-order valence-electron chi connectivity index (χ2n) is 16.2. The molecular weight excluding hydrogens is 916 g/mol. The molecule has 62 heavy (non-hydrogen) atoms. The van der Waals surface area contributed by atoms with Gasteiger partial charge in [0.25, 0.3) is 0 Å². The molecule has 0 spiro atoms. The fourth-order valence-electron chi connectivity index (χ4n) is 7.42. The van der Waals surface area contributed by atoms with Gasteiger partial charge in [0.15, 0.2) is 11.3 Å². The number of halogens is 4. The van der Waals surface area contributed by atoms with Crippen molar-refractivity contribution in [2.24, 2.45) is 0 Å². The Morgan fingerprint density at radius 3 is 1.58 bits per heavy atom. The van der Waals surface area contributed by atoms with Crippen molar-refractivity contribution in [2.75, 3.05) is 36.8 Å². The molecule has 0 saturated carbocycles. The van der Waals surface area contributed by atoms with E-state index in [2.05, 4.69) is 113 Å². The molecule has 2 saturated heterocycles. The first kappa shape index (κ1) is 45.0. The maximum Gasteiger partial charge on any atom is 0.573 e. The van der Waals surface area contributed by atoms with Crippen molar-refractivity contribution in [2.45, 2.75) is 110 Å². The van der Waals surface area contributed by atoms with E-state index in [9.17, 15) is 13.2 Å². The third-order valence-electron chi connectivity index (χ3n) is 10.7. The molecule has 0 aliphatic carbocycles. The first-order valence-electron chi connectivity index (χ1n) is 21.1. The molecule has 2 fully saturated rings. The lowest BCUT2D eigenvalue weighted by atomic mass is 10.1. The van der Waals surface area contributed by atoms with Crippen LogP contribution in [0.25, 0.3) is 11.3 Å². The minimum Gasteiger partial charge on any atom is -0.459 e. The largest absolute Gasteiger partial charge is 0.573 e. The number of para-hydroxylation sites is 1. The number of fused-ring (bicyclic) bond motifs is 2. The van der Waals surface area contributed by atoms with E-state index in [0.717, 1.165) is 62.1 Å². The summed E-state index contributed by atoms with van der Waals surface area (Å²) in [5.74, 6) is 1.16. The van der Waals surface area contributed by atoms with Gasteiger partial charge in [-0.2, -0.15) is 39.2 Å². The summed E-state index contributed by atoms with van der Waals surface area (Å²) < 4.78 is 59.6. The number of piperidine rings is 2. The summed E-state index contributed by atoms with van der Waals surface area (Å²) in [6, 6.07) is 14.5. The molecule has 0 amide bonds. The second-order valence-corrected chi connectivity index (χ2v) is 17.3. The van der Waals surface area contributed by atoms with Crippen molar-refractivity contribution >= 4 is 45.8 Å². The van der Waals surface area contributed by atoms with Gasteiger partial charge in [0.05, 0.1) is 24.5 Å². The third kappa shape index (κ3) is 11.1. The Hall–Kier alpha value is -5.02.